The van der Waals surface area contributed by atoms with Crippen LogP contribution in [0.4, 0.5) is 0 Å². The van der Waals surface area contributed by atoms with Gasteiger partial charge in [0, 0.05) is 16.6 Å². The number of hydrogen-bond donors (Lipinski definition) is 1. The van der Waals surface area contributed by atoms with Crippen molar-refractivity contribution in [1.29, 1.82) is 0 Å². The molecule has 0 aromatic heterocycles. The lowest BCUT2D eigenvalue weighted by Gasteiger charge is -2.08. The Hall–Kier alpha value is -1.09. The van der Waals surface area contributed by atoms with Crippen molar-refractivity contribution in [2.45, 2.75) is 26.3 Å². The van der Waals surface area contributed by atoms with Gasteiger partial charge in [-0.15, -0.1) is 0 Å². The van der Waals surface area contributed by atoms with Crippen LogP contribution in [0.2, 0.25) is 0 Å². The largest absolute Gasteiger partial charge is 0.350 e. The highest BCUT2D eigenvalue weighted by molar-refractivity contribution is 9.10. The van der Waals surface area contributed by atoms with E-state index in [0.29, 0.717) is 0 Å². The zero-order valence-corrected chi connectivity index (χ0v) is 11.1. The van der Waals surface area contributed by atoms with Gasteiger partial charge in [-0.3, -0.25) is 4.79 Å². The summed E-state index contributed by atoms with van der Waals surface area (Å²) >= 11 is 3.39. The Kier molecular flexibility index (Phi) is 5.26. The van der Waals surface area contributed by atoms with E-state index in [1.54, 1.807) is 6.08 Å². The summed E-state index contributed by atoms with van der Waals surface area (Å²) in [6.07, 6.45) is 4.31. The topological polar surface area (TPSA) is 29.1 Å². The third-order valence-electron chi connectivity index (χ3n) is 2.28. The summed E-state index contributed by atoms with van der Waals surface area (Å²) in [6, 6.07) is 8.04. The first-order chi connectivity index (χ1) is 7.61. The highest BCUT2D eigenvalue weighted by Crippen LogP contribution is 2.12. The smallest absolute Gasteiger partial charge is 0.244 e. The molecular formula is C13H16BrNO. The molecule has 2 nitrogen and oxygen atoms in total. The molecule has 0 aliphatic carbocycles. The van der Waals surface area contributed by atoms with Crippen molar-refractivity contribution in [3.8, 4) is 0 Å². The fourth-order valence-corrected chi connectivity index (χ4v) is 1.59. The van der Waals surface area contributed by atoms with Crippen molar-refractivity contribution in [3.63, 3.8) is 0 Å². The molecule has 3 heteroatoms. The number of amides is 1. The molecule has 0 aliphatic heterocycles. The lowest BCUT2D eigenvalue weighted by atomic mass is 10.2. The lowest BCUT2D eigenvalue weighted by Crippen LogP contribution is -2.30. The van der Waals surface area contributed by atoms with Crippen molar-refractivity contribution >= 4 is 27.9 Å². The van der Waals surface area contributed by atoms with Crippen LogP contribution in [0.15, 0.2) is 34.8 Å². The van der Waals surface area contributed by atoms with Gasteiger partial charge >= 0.3 is 0 Å². The Balaban J connectivity index is 2.56. The van der Waals surface area contributed by atoms with E-state index in [-0.39, 0.29) is 11.9 Å². The van der Waals surface area contributed by atoms with Crippen LogP contribution in [0.3, 0.4) is 0 Å². The van der Waals surface area contributed by atoms with E-state index in [1.807, 2.05) is 44.2 Å². The molecule has 0 saturated heterocycles. The summed E-state index contributed by atoms with van der Waals surface area (Å²) in [5.41, 5.74) is 1.01. The van der Waals surface area contributed by atoms with Crippen LogP contribution in [0, 0.1) is 0 Å². The molecule has 0 saturated carbocycles. The van der Waals surface area contributed by atoms with Gasteiger partial charge in [0.15, 0.2) is 0 Å². The summed E-state index contributed by atoms with van der Waals surface area (Å²) in [5.74, 6) is -0.0469. The molecule has 0 spiro atoms. The third-order valence-corrected chi connectivity index (χ3v) is 2.77. The van der Waals surface area contributed by atoms with Gasteiger partial charge in [-0.05, 0) is 37.1 Å². The molecule has 0 radical (unpaired) electrons. The normalized spacial score (nSPS) is 12.7. The molecule has 0 fully saturated rings. The minimum Gasteiger partial charge on any atom is -0.350 e. The second kappa shape index (κ2) is 6.48. The maximum Gasteiger partial charge on any atom is 0.244 e. The van der Waals surface area contributed by atoms with Gasteiger partial charge in [-0.25, -0.2) is 0 Å². The SMILES string of the molecule is CCC(C)NC(=O)C=Cc1cccc(Br)c1. The van der Waals surface area contributed by atoms with Gasteiger partial charge in [0.05, 0.1) is 0 Å². The minimum absolute atomic E-state index is 0.0469. The van der Waals surface area contributed by atoms with Gasteiger partial charge < -0.3 is 5.32 Å². The average Bonchev–Trinajstić information content (AvgIpc) is 2.26. The van der Waals surface area contributed by atoms with Crippen LogP contribution >= 0.6 is 15.9 Å². The predicted octanol–water partition coefficient (Wildman–Crippen LogP) is 3.38. The molecule has 16 heavy (non-hydrogen) atoms. The molecule has 1 aromatic rings. The standard InChI is InChI=1S/C13H16BrNO/c1-3-10(2)15-13(16)8-7-11-5-4-6-12(14)9-11/h4-10H,3H2,1-2H3,(H,15,16). The lowest BCUT2D eigenvalue weighted by molar-refractivity contribution is -0.117. The highest BCUT2D eigenvalue weighted by Gasteiger charge is 2.00. The van der Waals surface area contributed by atoms with Gasteiger partial charge in [0.1, 0.15) is 0 Å². The Morgan fingerprint density at radius 3 is 2.94 bits per heavy atom. The van der Waals surface area contributed by atoms with Crippen LogP contribution in [0.25, 0.3) is 6.08 Å². The van der Waals surface area contributed by atoms with Gasteiger partial charge in [0.2, 0.25) is 5.91 Å². The molecule has 1 unspecified atom stereocenters. The molecule has 1 amide bonds. The first-order valence-corrected chi connectivity index (χ1v) is 6.15. The fraction of sp³-hybridized carbons (Fsp3) is 0.308. The second-order valence-electron chi connectivity index (χ2n) is 3.71. The Morgan fingerprint density at radius 2 is 2.31 bits per heavy atom. The Labute approximate surface area is 105 Å². The van der Waals surface area contributed by atoms with Crippen molar-refractivity contribution in [3.05, 3.63) is 40.4 Å². The fourth-order valence-electron chi connectivity index (χ4n) is 1.18. The molecule has 1 aromatic carbocycles. The monoisotopic (exact) mass is 281 g/mol. The summed E-state index contributed by atoms with van der Waals surface area (Å²) < 4.78 is 1.01. The van der Waals surface area contributed by atoms with Crippen LogP contribution in [0.5, 0.6) is 0 Å². The van der Waals surface area contributed by atoms with E-state index in [4.69, 9.17) is 0 Å². The summed E-state index contributed by atoms with van der Waals surface area (Å²) in [6.45, 7) is 4.04. The van der Waals surface area contributed by atoms with E-state index < -0.39 is 0 Å². The molecule has 1 rings (SSSR count). The first-order valence-electron chi connectivity index (χ1n) is 5.36. The van der Waals surface area contributed by atoms with E-state index in [0.717, 1.165) is 16.5 Å². The number of rotatable bonds is 4. The molecule has 0 bridgehead atoms. The Bertz CT molecular complexity index is 387. The number of halogens is 1. The van der Waals surface area contributed by atoms with Crippen molar-refractivity contribution in [1.82, 2.24) is 5.32 Å². The molecule has 86 valence electrons. The van der Waals surface area contributed by atoms with E-state index in [2.05, 4.69) is 21.2 Å². The quantitative estimate of drug-likeness (QED) is 0.843. The number of hydrogen-bond acceptors (Lipinski definition) is 1. The van der Waals surface area contributed by atoms with Crippen molar-refractivity contribution < 1.29 is 4.79 Å². The highest BCUT2D eigenvalue weighted by atomic mass is 79.9. The molecule has 1 atom stereocenters. The number of carbonyl (C=O) groups is 1. The molecule has 1 N–H and O–H groups in total. The second-order valence-corrected chi connectivity index (χ2v) is 4.62. The average molecular weight is 282 g/mol. The zero-order chi connectivity index (χ0) is 12.0. The predicted molar refractivity (Wildman–Crippen MR) is 71.1 cm³/mol. The number of benzene rings is 1. The Morgan fingerprint density at radius 1 is 1.56 bits per heavy atom. The van der Waals surface area contributed by atoms with Gasteiger partial charge in [-0.2, -0.15) is 0 Å². The van der Waals surface area contributed by atoms with Crippen LogP contribution in [-0.2, 0) is 4.79 Å². The van der Waals surface area contributed by atoms with Gasteiger partial charge in [-0.1, -0.05) is 35.0 Å². The van der Waals surface area contributed by atoms with Crippen LogP contribution < -0.4 is 5.32 Å². The summed E-state index contributed by atoms with van der Waals surface area (Å²) in [4.78, 5) is 11.5. The number of nitrogens with one attached hydrogen (secondary N) is 1. The first kappa shape index (κ1) is 13.0. The van der Waals surface area contributed by atoms with Gasteiger partial charge in [0.25, 0.3) is 0 Å². The third kappa shape index (κ3) is 4.62. The van der Waals surface area contributed by atoms with E-state index in [1.165, 1.54) is 0 Å². The minimum atomic E-state index is -0.0469. The maximum absolute atomic E-state index is 11.5. The van der Waals surface area contributed by atoms with Crippen molar-refractivity contribution in [2.75, 3.05) is 0 Å². The van der Waals surface area contributed by atoms with E-state index in [9.17, 15) is 4.79 Å². The molecular weight excluding hydrogens is 266 g/mol. The molecule has 0 aliphatic rings. The van der Waals surface area contributed by atoms with Crippen LogP contribution in [0.1, 0.15) is 25.8 Å². The van der Waals surface area contributed by atoms with E-state index >= 15 is 0 Å². The zero-order valence-electron chi connectivity index (χ0n) is 9.53. The molecule has 0 heterocycles. The van der Waals surface area contributed by atoms with Crippen LogP contribution in [-0.4, -0.2) is 11.9 Å². The summed E-state index contributed by atoms with van der Waals surface area (Å²) in [5, 5.41) is 2.88. The van der Waals surface area contributed by atoms with Crippen molar-refractivity contribution in [2.24, 2.45) is 0 Å². The summed E-state index contributed by atoms with van der Waals surface area (Å²) in [7, 11) is 0. The number of carbonyl (C=O) groups excluding carboxylic acids is 1. The maximum atomic E-state index is 11.5.